The summed E-state index contributed by atoms with van der Waals surface area (Å²) in [7, 11) is 0. The van der Waals surface area contributed by atoms with Gasteiger partial charge in [0.1, 0.15) is 0 Å². The SMILES string of the molecule is CCCN(CC1CC1)C(=O)Nc1ccc(C)cc1. The second-order valence-electron chi connectivity index (χ2n) is 5.19. The van der Waals surface area contributed by atoms with Crippen LogP contribution in [0.2, 0.25) is 0 Å². The third kappa shape index (κ3) is 3.76. The van der Waals surface area contributed by atoms with Crippen LogP contribution in [0.5, 0.6) is 0 Å². The smallest absolute Gasteiger partial charge is 0.321 e. The van der Waals surface area contributed by atoms with Crippen LogP contribution in [0, 0.1) is 12.8 Å². The summed E-state index contributed by atoms with van der Waals surface area (Å²) < 4.78 is 0. The molecule has 1 aromatic rings. The lowest BCUT2D eigenvalue weighted by Gasteiger charge is -2.22. The first-order valence-electron chi connectivity index (χ1n) is 6.81. The minimum absolute atomic E-state index is 0.0348. The minimum Gasteiger partial charge on any atom is -0.324 e. The van der Waals surface area contributed by atoms with Crippen molar-refractivity contribution in [1.29, 1.82) is 0 Å². The highest BCUT2D eigenvalue weighted by atomic mass is 16.2. The Kier molecular flexibility index (Phi) is 4.24. The van der Waals surface area contributed by atoms with Crippen molar-refractivity contribution in [2.75, 3.05) is 18.4 Å². The zero-order valence-corrected chi connectivity index (χ0v) is 11.3. The summed E-state index contributed by atoms with van der Waals surface area (Å²) in [4.78, 5) is 14.1. The van der Waals surface area contributed by atoms with Crippen molar-refractivity contribution in [1.82, 2.24) is 4.90 Å². The van der Waals surface area contributed by atoms with E-state index in [4.69, 9.17) is 0 Å². The van der Waals surface area contributed by atoms with Gasteiger partial charge in [-0.2, -0.15) is 0 Å². The number of nitrogens with one attached hydrogen (secondary N) is 1. The van der Waals surface area contributed by atoms with Gasteiger partial charge in [0.05, 0.1) is 0 Å². The summed E-state index contributed by atoms with van der Waals surface area (Å²) >= 11 is 0. The van der Waals surface area contributed by atoms with Crippen LogP contribution < -0.4 is 5.32 Å². The van der Waals surface area contributed by atoms with Crippen LogP contribution >= 0.6 is 0 Å². The van der Waals surface area contributed by atoms with E-state index in [0.717, 1.165) is 31.1 Å². The number of rotatable bonds is 5. The van der Waals surface area contributed by atoms with Crippen molar-refractivity contribution < 1.29 is 4.79 Å². The molecular weight excluding hydrogens is 224 g/mol. The van der Waals surface area contributed by atoms with E-state index in [2.05, 4.69) is 12.2 Å². The third-order valence-electron chi connectivity index (χ3n) is 3.26. The van der Waals surface area contributed by atoms with Crippen LogP contribution in [0.4, 0.5) is 10.5 Å². The first kappa shape index (κ1) is 12.9. The standard InChI is InChI=1S/C15H22N2O/c1-3-10-17(11-13-6-7-13)15(18)16-14-8-4-12(2)5-9-14/h4-5,8-9,13H,3,6-7,10-11H2,1-2H3,(H,16,18). The summed E-state index contributed by atoms with van der Waals surface area (Å²) in [6.07, 6.45) is 3.56. The molecule has 0 radical (unpaired) electrons. The molecule has 1 aliphatic rings. The number of nitrogens with zero attached hydrogens (tertiary/aromatic N) is 1. The van der Waals surface area contributed by atoms with Gasteiger partial charge in [0.2, 0.25) is 0 Å². The summed E-state index contributed by atoms with van der Waals surface area (Å²) in [5, 5.41) is 2.97. The molecule has 1 fully saturated rings. The molecule has 0 aliphatic heterocycles. The Morgan fingerprint density at radius 1 is 1.33 bits per heavy atom. The quantitative estimate of drug-likeness (QED) is 0.845. The number of amides is 2. The number of anilines is 1. The maximum Gasteiger partial charge on any atom is 0.321 e. The molecule has 0 aromatic heterocycles. The Morgan fingerprint density at radius 3 is 2.56 bits per heavy atom. The fraction of sp³-hybridized carbons (Fsp3) is 0.533. The van der Waals surface area contributed by atoms with Gasteiger partial charge in [0, 0.05) is 18.8 Å². The largest absolute Gasteiger partial charge is 0.324 e. The van der Waals surface area contributed by atoms with Crippen molar-refractivity contribution in [3.05, 3.63) is 29.8 Å². The van der Waals surface area contributed by atoms with Gasteiger partial charge >= 0.3 is 6.03 Å². The molecule has 0 unspecified atom stereocenters. The lowest BCUT2D eigenvalue weighted by molar-refractivity contribution is 0.209. The molecule has 1 N–H and O–H groups in total. The highest BCUT2D eigenvalue weighted by molar-refractivity contribution is 5.89. The summed E-state index contributed by atoms with van der Waals surface area (Å²) in [5.41, 5.74) is 2.08. The van der Waals surface area contributed by atoms with E-state index in [-0.39, 0.29) is 6.03 Å². The van der Waals surface area contributed by atoms with Gasteiger partial charge in [-0.05, 0) is 44.2 Å². The summed E-state index contributed by atoms with van der Waals surface area (Å²) in [5.74, 6) is 0.736. The van der Waals surface area contributed by atoms with E-state index in [1.165, 1.54) is 18.4 Å². The second-order valence-corrected chi connectivity index (χ2v) is 5.19. The van der Waals surface area contributed by atoms with Crippen LogP contribution in [-0.4, -0.2) is 24.0 Å². The van der Waals surface area contributed by atoms with E-state index >= 15 is 0 Å². The van der Waals surface area contributed by atoms with E-state index in [1.807, 2.05) is 36.1 Å². The molecule has 98 valence electrons. The Labute approximate surface area is 109 Å². The monoisotopic (exact) mass is 246 g/mol. The van der Waals surface area contributed by atoms with Gasteiger partial charge in [-0.15, -0.1) is 0 Å². The maximum absolute atomic E-state index is 12.2. The molecule has 1 aromatic carbocycles. The number of carbonyl (C=O) groups is 1. The van der Waals surface area contributed by atoms with Crippen molar-refractivity contribution in [2.45, 2.75) is 33.1 Å². The molecule has 3 heteroatoms. The number of urea groups is 1. The zero-order chi connectivity index (χ0) is 13.0. The van der Waals surface area contributed by atoms with Crippen molar-refractivity contribution in [3.63, 3.8) is 0 Å². The van der Waals surface area contributed by atoms with E-state index in [0.29, 0.717) is 0 Å². The highest BCUT2D eigenvalue weighted by Crippen LogP contribution is 2.29. The molecule has 0 saturated heterocycles. The number of hydrogen-bond acceptors (Lipinski definition) is 1. The van der Waals surface area contributed by atoms with Gasteiger partial charge in [-0.1, -0.05) is 24.6 Å². The van der Waals surface area contributed by atoms with Gasteiger partial charge < -0.3 is 10.2 Å². The molecular formula is C15H22N2O. The molecule has 1 saturated carbocycles. The van der Waals surface area contributed by atoms with Gasteiger partial charge in [-0.25, -0.2) is 4.79 Å². The molecule has 3 nitrogen and oxygen atoms in total. The second kappa shape index (κ2) is 5.89. The first-order valence-corrected chi connectivity index (χ1v) is 6.81. The Bertz CT molecular complexity index is 395. The van der Waals surface area contributed by atoms with E-state index < -0.39 is 0 Å². The highest BCUT2D eigenvalue weighted by Gasteiger charge is 2.26. The molecule has 0 bridgehead atoms. The predicted molar refractivity (Wildman–Crippen MR) is 74.8 cm³/mol. The van der Waals surface area contributed by atoms with Crippen LogP contribution in [-0.2, 0) is 0 Å². The molecule has 2 rings (SSSR count). The van der Waals surface area contributed by atoms with Gasteiger partial charge in [0.15, 0.2) is 0 Å². The lowest BCUT2D eigenvalue weighted by Crippen LogP contribution is -2.37. The first-order chi connectivity index (χ1) is 8.69. The maximum atomic E-state index is 12.2. The van der Waals surface area contributed by atoms with Crippen LogP contribution in [0.15, 0.2) is 24.3 Å². The molecule has 18 heavy (non-hydrogen) atoms. The number of aryl methyl sites for hydroxylation is 1. The Hall–Kier alpha value is -1.51. The van der Waals surface area contributed by atoms with Gasteiger partial charge in [0.25, 0.3) is 0 Å². The Morgan fingerprint density at radius 2 is 2.00 bits per heavy atom. The molecule has 0 spiro atoms. The average molecular weight is 246 g/mol. The molecule has 2 amide bonds. The molecule has 1 aliphatic carbocycles. The van der Waals surface area contributed by atoms with Crippen molar-refractivity contribution >= 4 is 11.7 Å². The third-order valence-corrected chi connectivity index (χ3v) is 3.26. The van der Waals surface area contributed by atoms with E-state index in [1.54, 1.807) is 0 Å². The normalized spacial score (nSPS) is 14.3. The van der Waals surface area contributed by atoms with Crippen molar-refractivity contribution in [2.24, 2.45) is 5.92 Å². The fourth-order valence-corrected chi connectivity index (χ4v) is 2.00. The molecule has 0 heterocycles. The number of benzene rings is 1. The number of carbonyl (C=O) groups excluding carboxylic acids is 1. The lowest BCUT2D eigenvalue weighted by atomic mass is 10.2. The van der Waals surface area contributed by atoms with Crippen molar-refractivity contribution in [3.8, 4) is 0 Å². The Balaban J connectivity index is 1.92. The molecule has 0 atom stereocenters. The zero-order valence-electron chi connectivity index (χ0n) is 11.3. The minimum atomic E-state index is 0.0348. The predicted octanol–water partition coefficient (Wildman–Crippen LogP) is 3.65. The van der Waals surface area contributed by atoms with Crippen LogP contribution in [0.3, 0.4) is 0 Å². The fourth-order valence-electron chi connectivity index (χ4n) is 2.00. The average Bonchev–Trinajstić information content (AvgIpc) is 3.15. The van der Waals surface area contributed by atoms with E-state index in [9.17, 15) is 4.79 Å². The summed E-state index contributed by atoms with van der Waals surface area (Å²) in [6, 6.07) is 7.97. The number of hydrogen-bond donors (Lipinski definition) is 1. The topological polar surface area (TPSA) is 32.3 Å². The van der Waals surface area contributed by atoms with Crippen LogP contribution in [0.1, 0.15) is 31.7 Å². The van der Waals surface area contributed by atoms with Gasteiger partial charge in [-0.3, -0.25) is 0 Å². The van der Waals surface area contributed by atoms with Crippen LogP contribution in [0.25, 0.3) is 0 Å². The summed E-state index contributed by atoms with van der Waals surface area (Å²) in [6.45, 7) is 5.90.